The Morgan fingerprint density at radius 1 is 1.17 bits per heavy atom. The van der Waals surface area contributed by atoms with E-state index in [1.165, 1.54) is 5.56 Å². The highest BCUT2D eigenvalue weighted by atomic mass is 32.2. The number of thioether (sulfide) groups is 1. The molecular weight excluding hydrogens is 316 g/mol. The van der Waals surface area contributed by atoms with Crippen molar-refractivity contribution < 1.29 is 0 Å². The molecular formula is C20H20N2OS. The highest BCUT2D eigenvalue weighted by Crippen LogP contribution is 2.22. The monoisotopic (exact) mass is 336 g/mol. The fraction of sp³-hybridized carbons (Fsp3) is 0.200. The molecule has 0 aliphatic rings. The van der Waals surface area contributed by atoms with Crippen molar-refractivity contribution in [3.8, 4) is 0 Å². The van der Waals surface area contributed by atoms with Crippen molar-refractivity contribution in [1.29, 1.82) is 0 Å². The highest BCUT2D eigenvalue weighted by Gasteiger charge is 2.11. The van der Waals surface area contributed by atoms with E-state index in [0.717, 1.165) is 28.4 Å². The van der Waals surface area contributed by atoms with Crippen LogP contribution < -0.4 is 5.56 Å². The zero-order valence-corrected chi connectivity index (χ0v) is 14.6. The largest absolute Gasteiger partial charge is 0.287 e. The van der Waals surface area contributed by atoms with E-state index < -0.39 is 0 Å². The smallest absolute Gasteiger partial charge is 0.262 e. The molecule has 0 radical (unpaired) electrons. The predicted octanol–water partition coefficient (Wildman–Crippen LogP) is 4.74. The van der Waals surface area contributed by atoms with Crippen LogP contribution in [0.3, 0.4) is 0 Å². The van der Waals surface area contributed by atoms with Gasteiger partial charge in [-0.15, -0.1) is 0 Å². The quantitative estimate of drug-likeness (QED) is 0.481. The lowest BCUT2D eigenvalue weighted by Crippen LogP contribution is -2.23. The van der Waals surface area contributed by atoms with Gasteiger partial charge in [0, 0.05) is 12.3 Å². The fourth-order valence-electron chi connectivity index (χ4n) is 2.58. The van der Waals surface area contributed by atoms with Gasteiger partial charge in [-0.3, -0.25) is 9.36 Å². The van der Waals surface area contributed by atoms with Crippen LogP contribution in [0.1, 0.15) is 24.5 Å². The van der Waals surface area contributed by atoms with Gasteiger partial charge >= 0.3 is 0 Å². The molecule has 3 nitrogen and oxygen atoms in total. The van der Waals surface area contributed by atoms with Gasteiger partial charge < -0.3 is 0 Å². The molecule has 0 fully saturated rings. The van der Waals surface area contributed by atoms with Crippen LogP contribution in [-0.4, -0.2) is 9.55 Å². The number of fused-ring (bicyclic) bond motifs is 1. The average Bonchev–Trinajstić information content (AvgIpc) is 2.63. The van der Waals surface area contributed by atoms with Gasteiger partial charge in [-0.05, 0) is 29.7 Å². The maximum Gasteiger partial charge on any atom is 0.262 e. The molecule has 0 amide bonds. The van der Waals surface area contributed by atoms with Gasteiger partial charge in [0.1, 0.15) is 0 Å². The minimum absolute atomic E-state index is 0.0481. The minimum atomic E-state index is 0.0481. The topological polar surface area (TPSA) is 34.9 Å². The number of para-hydroxylation sites is 1. The van der Waals surface area contributed by atoms with E-state index >= 15 is 0 Å². The molecule has 1 heterocycles. The summed E-state index contributed by atoms with van der Waals surface area (Å²) in [4.78, 5) is 17.4. The van der Waals surface area contributed by atoms with Crippen LogP contribution in [0.5, 0.6) is 0 Å². The van der Waals surface area contributed by atoms with Crippen molar-refractivity contribution >= 4 is 28.7 Å². The maximum atomic E-state index is 12.7. The van der Waals surface area contributed by atoms with Crippen LogP contribution in [0.2, 0.25) is 0 Å². The van der Waals surface area contributed by atoms with Gasteiger partial charge in [0.15, 0.2) is 5.16 Å². The normalized spacial score (nSPS) is 10.9. The number of rotatable bonds is 6. The maximum absolute atomic E-state index is 12.7. The zero-order chi connectivity index (χ0) is 16.9. The summed E-state index contributed by atoms with van der Waals surface area (Å²) in [5.74, 6) is 0.784. The van der Waals surface area contributed by atoms with Gasteiger partial charge in [-0.2, -0.15) is 0 Å². The summed E-state index contributed by atoms with van der Waals surface area (Å²) in [5.41, 5.74) is 3.12. The molecule has 4 heteroatoms. The second kappa shape index (κ2) is 7.49. The van der Waals surface area contributed by atoms with E-state index in [9.17, 15) is 4.79 Å². The molecule has 122 valence electrons. The first kappa shape index (κ1) is 16.5. The van der Waals surface area contributed by atoms with Crippen LogP contribution in [0.25, 0.3) is 17.0 Å². The van der Waals surface area contributed by atoms with Crippen molar-refractivity contribution in [3.63, 3.8) is 0 Å². The molecule has 1 aromatic heterocycles. The zero-order valence-electron chi connectivity index (χ0n) is 13.7. The number of hydrogen-bond acceptors (Lipinski definition) is 3. The third kappa shape index (κ3) is 3.44. The third-order valence-corrected chi connectivity index (χ3v) is 4.90. The van der Waals surface area contributed by atoms with E-state index in [1.54, 1.807) is 16.3 Å². The molecule has 0 atom stereocenters. The van der Waals surface area contributed by atoms with E-state index in [2.05, 4.69) is 37.8 Å². The number of nitrogens with zero attached hydrogens (tertiary/aromatic N) is 2. The number of hydrogen-bond donors (Lipinski definition) is 0. The lowest BCUT2D eigenvalue weighted by molar-refractivity contribution is 0.585. The van der Waals surface area contributed by atoms with Crippen molar-refractivity contribution in [2.45, 2.75) is 30.8 Å². The van der Waals surface area contributed by atoms with Crippen molar-refractivity contribution in [3.05, 3.63) is 76.6 Å². The lowest BCUT2D eigenvalue weighted by Gasteiger charge is -2.12. The van der Waals surface area contributed by atoms with Crippen LogP contribution >= 0.6 is 11.8 Å². The molecule has 0 aliphatic carbocycles. The minimum Gasteiger partial charge on any atom is -0.287 e. The van der Waals surface area contributed by atoms with E-state index in [4.69, 9.17) is 4.98 Å². The molecule has 3 aromatic rings. The third-order valence-electron chi connectivity index (χ3n) is 3.86. The van der Waals surface area contributed by atoms with Crippen molar-refractivity contribution in [2.75, 3.05) is 0 Å². The SMILES string of the molecule is C=Cc1ccc(CSc2nc3ccccc3c(=O)n2CCC)cc1. The van der Waals surface area contributed by atoms with Crippen LogP contribution in [-0.2, 0) is 12.3 Å². The molecule has 24 heavy (non-hydrogen) atoms. The fourth-order valence-corrected chi connectivity index (χ4v) is 3.56. The average molecular weight is 336 g/mol. The van der Waals surface area contributed by atoms with E-state index in [1.807, 2.05) is 30.3 Å². The second-order valence-corrected chi connectivity index (χ2v) is 6.55. The Hall–Kier alpha value is -2.33. The van der Waals surface area contributed by atoms with Crippen LogP contribution in [0.4, 0.5) is 0 Å². The number of aromatic nitrogens is 2. The van der Waals surface area contributed by atoms with Crippen molar-refractivity contribution in [2.24, 2.45) is 0 Å². The first-order valence-corrected chi connectivity index (χ1v) is 9.05. The molecule has 0 spiro atoms. The van der Waals surface area contributed by atoms with Crippen LogP contribution in [0, 0.1) is 0 Å². The van der Waals surface area contributed by atoms with E-state index in [0.29, 0.717) is 11.9 Å². The molecule has 0 N–H and O–H groups in total. The standard InChI is InChI=1S/C20H20N2OS/c1-3-13-22-19(23)17-7-5-6-8-18(17)21-20(22)24-14-16-11-9-15(4-2)10-12-16/h4-12H,2-3,13-14H2,1H3. The summed E-state index contributed by atoms with van der Waals surface area (Å²) in [6.07, 6.45) is 2.74. The number of benzene rings is 2. The predicted molar refractivity (Wildman–Crippen MR) is 102 cm³/mol. The Morgan fingerprint density at radius 2 is 1.92 bits per heavy atom. The van der Waals surface area contributed by atoms with Gasteiger partial charge in [-0.25, -0.2) is 4.98 Å². The van der Waals surface area contributed by atoms with Gasteiger partial charge in [0.05, 0.1) is 10.9 Å². The summed E-state index contributed by atoms with van der Waals surface area (Å²) in [7, 11) is 0. The van der Waals surface area contributed by atoms with Gasteiger partial charge in [0.25, 0.3) is 5.56 Å². The highest BCUT2D eigenvalue weighted by molar-refractivity contribution is 7.98. The molecule has 0 saturated heterocycles. The Morgan fingerprint density at radius 3 is 2.62 bits per heavy atom. The van der Waals surface area contributed by atoms with Crippen molar-refractivity contribution in [1.82, 2.24) is 9.55 Å². The summed E-state index contributed by atoms with van der Waals surface area (Å²) in [5, 5.41) is 1.47. The summed E-state index contributed by atoms with van der Waals surface area (Å²) in [6, 6.07) is 15.8. The lowest BCUT2D eigenvalue weighted by atomic mass is 10.1. The molecule has 0 unspecified atom stereocenters. The van der Waals surface area contributed by atoms with Crippen LogP contribution in [0.15, 0.2) is 65.1 Å². The Bertz CT molecular complexity index is 913. The first-order chi connectivity index (χ1) is 11.7. The summed E-state index contributed by atoms with van der Waals surface area (Å²) < 4.78 is 1.80. The Balaban J connectivity index is 1.93. The summed E-state index contributed by atoms with van der Waals surface area (Å²) >= 11 is 1.61. The van der Waals surface area contributed by atoms with Gasteiger partial charge in [0.2, 0.25) is 0 Å². The molecule has 0 saturated carbocycles. The van der Waals surface area contributed by atoms with E-state index in [-0.39, 0.29) is 5.56 Å². The molecule has 2 aromatic carbocycles. The molecule has 3 rings (SSSR count). The molecule has 0 bridgehead atoms. The second-order valence-electron chi connectivity index (χ2n) is 5.60. The van der Waals surface area contributed by atoms with Gasteiger partial charge in [-0.1, -0.05) is 67.7 Å². The molecule has 0 aliphatic heterocycles. The Labute approximate surface area is 146 Å². The Kier molecular flexibility index (Phi) is 5.16. The summed E-state index contributed by atoms with van der Waals surface area (Å²) in [6.45, 7) is 6.53. The first-order valence-electron chi connectivity index (χ1n) is 8.06.